The molecule has 2 fully saturated rings. The summed E-state index contributed by atoms with van der Waals surface area (Å²) in [5.74, 6) is 1.16. The largest absolute Gasteiger partial charge is 0.497 e. The SMILES string of the molecule is COc1ccc(N2CCN(C(=O)CN(C)C3CCCCCC3)CC2)cc1. The van der Waals surface area contributed by atoms with Crippen LogP contribution in [0, 0.1) is 0 Å². The zero-order valence-electron chi connectivity index (χ0n) is 16.3. The van der Waals surface area contributed by atoms with Crippen LogP contribution in [0.1, 0.15) is 38.5 Å². The van der Waals surface area contributed by atoms with E-state index in [9.17, 15) is 4.79 Å². The van der Waals surface area contributed by atoms with Crippen LogP contribution in [0.15, 0.2) is 24.3 Å². The second-order valence-corrected chi connectivity index (χ2v) is 7.63. The summed E-state index contributed by atoms with van der Waals surface area (Å²) in [7, 11) is 3.81. The Bertz CT molecular complexity index is 559. The first-order chi connectivity index (χ1) is 12.7. The molecule has 144 valence electrons. The van der Waals surface area contributed by atoms with E-state index < -0.39 is 0 Å². The number of carbonyl (C=O) groups excluding carboxylic acids is 1. The van der Waals surface area contributed by atoms with E-state index in [0.29, 0.717) is 12.6 Å². The monoisotopic (exact) mass is 359 g/mol. The van der Waals surface area contributed by atoms with E-state index in [1.54, 1.807) is 7.11 Å². The van der Waals surface area contributed by atoms with Crippen molar-refractivity contribution in [2.24, 2.45) is 0 Å². The molecule has 1 aliphatic carbocycles. The molecule has 0 aromatic heterocycles. The Balaban J connectivity index is 1.46. The summed E-state index contributed by atoms with van der Waals surface area (Å²) in [5.41, 5.74) is 1.20. The summed E-state index contributed by atoms with van der Waals surface area (Å²) in [4.78, 5) is 19.4. The molecule has 0 atom stereocenters. The second-order valence-electron chi connectivity index (χ2n) is 7.63. The number of methoxy groups -OCH3 is 1. The van der Waals surface area contributed by atoms with Crippen molar-refractivity contribution in [2.45, 2.75) is 44.6 Å². The van der Waals surface area contributed by atoms with Gasteiger partial charge in [-0.2, -0.15) is 0 Å². The third-order valence-electron chi connectivity index (χ3n) is 5.90. The quantitative estimate of drug-likeness (QED) is 0.757. The third kappa shape index (κ3) is 4.91. The lowest BCUT2D eigenvalue weighted by atomic mass is 10.1. The van der Waals surface area contributed by atoms with Gasteiger partial charge >= 0.3 is 0 Å². The Morgan fingerprint density at radius 3 is 2.23 bits per heavy atom. The Hall–Kier alpha value is -1.75. The van der Waals surface area contributed by atoms with Crippen molar-refractivity contribution in [1.82, 2.24) is 9.80 Å². The van der Waals surface area contributed by atoms with Crippen LogP contribution < -0.4 is 9.64 Å². The number of piperazine rings is 1. The van der Waals surface area contributed by atoms with Crippen LogP contribution in [0.25, 0.3) is 0 Å². The van der Waals surface area contributed by atoms with Crippen molar-refractivity contribution in [1.29, 1.82) is 0 Å². The standard InChI is InChI=1S/C21H33N3O2/c1-22(18-7-5-3-4-6-8-18)17-21(25)24-15-13-23(14-16-24)19-9-11-20(26-2)12-10-19/h9-12,18H,3-8,13-17H2,1-2H3. The number of carbonyl (C=O) groups is 1. The van der Waals surface area contributed by atoms with Crippen molar-refractivity contribution in [3.63, 3.8) is 0 Å². The maximum Gasteiger partial charge on any atom is 0.236 e. The van der Waals surface area contributed by atoms with Crippen LogP contribution >= 0.6 is 0 Å². The average Bonchev–Trinajstić information content (AvgIpc) is 2.98. The minimum atomic E-state index is 0.283. The number of likely N-dealkylation sites (N-methyl/N-ethyl adjacent to an activating group) is 1. The van der Waals surface area contributed by atoms with Gasteiger partial charge in [0, 0.05) is 37.9 Å². The zero-order valence-corrected chi connectivity index (χ0v) is 16.3. The molecular weight excluding hydrogens is 326 g/mol. The molecule has 1 saturated carbocycles. The number of hydrogen-bond donors (Lipinski definition) is 0. The smallest absolute Gasteiger partial charge is 0.236 e. The summed E-state index contributed by atoms with van der Waals surface area (Å²) in [6, 6.07) is 8.76. The van der Waals surface area contributed by atoms with Crippen LogP contribution in [0.4, 0.5) is 5.69 Å². The number of amides is 1. The molecule has 1 heterocycles. The molecule has 1 saturated heterocycles. The number of hydrogen-bond acceptors (Lipinski definition) is 4. The van der Waals surface area contributed by atoms with Gasteiger partial charge in [0.05, 0.1) is 13.7 Å². The summed E-state index contributed by atoms with van der Waals surface area (Å²) in [5, 5.41) is 0. The van der Waals surface area contributed by atoms with Gasteiger partial charge in [0.2, 0.25) is 5.91 Å². The van der Waals surface area contributed by atoms with Gasteiger partial charge in [-0.25, -0.2) is 0 Å². The fourth-order valence-corrected chi connectivity index (χ4v) is 4.15. The Morgan fingerprint density at radius 2 is 1.65 bits per heavy atom. The molecule has 0 radical (unpaired) electrons. The maximum atomic E-state index is 12.7. The highest BCUT2D eigenvalue weighted by molar-refractivity contribution is 5.78. The first-order valence-electron chi connectivity index (χ1n) is 10.0. The van der Waals surface area contributed by atoms with E-state index in [0.717, 1.165) is 31.9 Å². The molecule has 0 unspecified atom stereocenters. The third-order valence-corrected chi connectivity index (χ3v) is 5.90. The fraction of sp³-hybridized carbons (Fsp3) is 0.667. The maximum absolute atomic E-state index is 12.7. The number of ether oxygens (including phenoxy) is 1. The highest BCUT2D eigenvalue weighted by atomic mass is 16.5. The summed E-state index contributed by atoms with van der Waals surface area (Å²) >= 11 is 0. The fourth-order valence-electron chi connectivity index (χ4n) is 4.15. The van der Waals surface area contributed by atoms with Gasteiger partial charge in [-0.15, -0.1) is 0 Å². The predicted octanol–water partition coefficient (Wildman–Crippen LogP) is 3.00. The van der Waals surface area contributed by atoms with Gasteiger partial charge in [-0.05, 0) is 44.2 Å². The van der Waals surface area contributed by atoms with Gasteiger partial charge in [-0.1, -0.05) is 25.7 Å². The summed E-state index contributed by atoms with van der Waals surface area (Å²) < 4.78 is 5.22. The van der Waals surface area contributed by atoms with E-state index in [1.165, 1.54) is 44.2 Å². The lowest BCUT2D eigenvalue weighted by Gasteiger charge is -2.37. The van der Waals surface area contributed by atoms with Gasteiger partial charge < -0.3 is 14.5 Å². The van der Waals surface area contributed by atoms with Crippen molar-refractivity contribution in [2.75, 3.05) is 51.8 Å². The Morgan fingerprint density at radius 1 is 1.04 bits per heavy atom. The van der Waals surface area contributed by atoms with Gasteiger partial charge in [0.15, 0.2) is 0 Å². The minimum absolute atomic E-state index is 0.283. The molecule has 5 nitrogen and oxygen atoms in total. The van der Waals surface area contributed by atoms with Crippen LogP contribution in [0.5, 0.6) is 5.75 Å². The second kappa shape index (κ2) is 9.26. The Kier molecular flexibility index (Phi) is 6.78. The molecule has 0 N–H and O–H groups in total. The zero-order chi connectivity index (χ0) is 18.4. The number of benzene rings is 1. The first kappa shape index (κ1) is 19.0. The average molecular weight is 360 g/mol. The van der Waals surface area contributed by atoms with Crippen LogP contribution in [-0.2, 0) is 4.79 Å². The van der Waals surface area contributed by atoms with Crippen LogP contribution in [-0.4, -0.2) is 68.6 Å². The van der Waals surface area contributed by atoms with E-state index in [1.807, 2.05) is 17.0 Å². The van der Waals surface area contributed by atoms with Gasteiger partial charge in [-0.3, -0.25) is 9.69 Å². The highest BCUT2D eigenvalue weighted by Gasteiger charge is 2.24. The normalized spacial score (nSPS) is 19.5. The molecule has 5 heteroatoms. The number of rotatable bonds is 5. The number of anilines is 1. The molecular formula is C21H33N3O2. The first-order valence-corrected chi connectivity index (χ1v) is 10.0. The van der Waals surface area contributed by atoms with E-state index in [4.69, 9.17) is 4.74 Å². The molecule has 1 aliphatic heterocycles. The molecule has 26 heavy (non-hydrogen) atoms. The topological polar surface area (TPSA) is 36.0 Å². The van der Waals surface area contributed by atoms with Gasteiger partial charge in [0.1, 0.15) is 5.75 Å². The lowest BCUT2D eigenvalue weighted by molar-refractivity contribution is -0.133. The van der Waals surface area contributed by atoms with Crippen LogP contribution in [0.2, 0.25) is 0 Å². The minimum Gasteiger partial charge on any atom is -0.497 e. The predicted molar refractivity (Wildman–Crippen MR) is 106 cm³/mol. The molecule has 1 amide bonds. The van der Waals surface area contributed by atoms with Crippen molar-refractivity contribution >= 4 is 11.6 Å². The molecule has 0 bridgehead atoms. The lowest BCUT2D eigenvalue weighted by Crippen LogP contribution is -2.51. The molecule has 2 aliphatic rings. The van der Waals surface area contributed by atoms with E-state index in [2.05, 4.69) is 29.0 Å². The highest BCUT2D eigenvalue weighted by Crippen LogP contribution is 2.22. The number of nitrogens with zero attached hydrogens (tertiary/aromatic N) is 3. The molecule has 1 aromatic rings. The van der Waals surface area contributed by atoms with Crippen molar-refractivity contribution in [3.05, 3.63) is 24.3 Å². The van der Waals surface area contributed by atoms with E-state index >= 15 is 0 Å². The summed E-state index contributed by atoms with van der Waals surface area (Å²) in [6.07, 6.45) is 7.81. The molecule has 3 rings (SSSR count). The van der Waals surface area contributed by atoms with Crippen LogP contribution in [0.3, 0.4) is 0 Å². The van der Waals surface area contributed by atoms with Crippen molar-refractivity contribution < 1.29 is 9.53 Å². The van der Waals surface area contributed by atoms with Gasteiger partial charge in [0.25, 0.3) is 0 Å². The van der Waals surface area contributed by atoms with E-state index in [-0.39, 0.29) is 5.91 Å². The molecule has 0 spiro atoms. The molecule has 1 aromatic carbocycles. The summed E-state index contributed by atoms with van der Waals surface area (Å²) in [6.45, 7) is 3.97. The Labute approximate surface area is 157 Å². The van der Waals surface area contributed by atoms with Crippen molar-refractivity contribution in [3.8, 4) is 5.75 Å².